The number of carbonyl (C=O) groups is 1. The van der Waals surface area contributed by atoms with Crippen molar-refractivity contribution in [2.45, 2.75) is 6.54 Å². The van der Waals surface area contributed by atoms with E-state index in [1.54, 1.807) is 12.1 Å². The third-order valence-corrected chi connectivity index (χ3v) is 1.57. The summed E-state index contributed by atoms with van der Waals surface area (Å²) in [7, 11) is 0. The van der Waals surface area contributed by atoms with Crippen molar-refractivity contribution in [3.8, 4) is 5.75 Å². The van der Waals surface area contributed by atoms with Crippen molar-refractivity contribution in [1.29, 1.82) is 0 Å². The van der Waals surface area contributed by atoms with Crippen molar-refractivity contribution in [3.63, 3.8) is 0 Å². The summed E-state index contributed by atoms with van der Waals surface area (Å²) in [6, 6.07) is 3.92. The number of benzene rings is 1. The zero-order valence-electron chi connectivity index (χ0n) is 6.95. The fourth-order valence-electron chi connectivity index (χ4n) is 0.969. The van der Waals surface area contributed by atoms with Gasteiger partial charge in [-0.2, -0.15) is 0 Å². The molecule has 0 spiro atoms. The number of hydrogen-bond donors (Lipinski definition) is 4. The van der Waals surface area contributed by atoms with E-state index in [9.17, 15) is 9.90 Å². The van der Waals surface area contributed by atoms with Crippen LogP contribution in [0.2, 0.25) is 0 Å². The minimum Gasteiger partial charge on any atom is -0.508 e. The monoisotopic (exact) mass is 181 g/mol. The quantitative estimate of drug-likeness (QED) is 0.495. The minimum absolute atomic E-state index is 0.109. The Hall–Kier alpha value is -1.75. The molecule has 70 valence electrons. The molecule has 0 aromatic heterocycles. The van der Waals surface area contributed by atoms with E-state index < -0.39 is 6.03 Å². The summed E-state index contributed by atoms with van der Waals surface area (Å²) in [4.78, 5) is 10.5. The van der Waals surface area contributed by atoms with Crippen LogP contribution in [-0.2, 0) is 6.54 Å². The molecule has 0 heterocycles. The van der Waals surface area contributed by atoms with E-state index in [2.05, 4.69) is 5.32 Å². The zero-order chi connectivity index (χ0) is 9.84. The van der Waals surface area contributed by atoms with E-state index in [4.69, 9.17) is 11.5 Å². The molecule has 13 heavy (non-hydrogen) atoms. The average molecular weight is 181 g/mol. The predicted octanol–water partition coefficient (Wildman–Crippen LogP) is 0.341. The molecule has 6 N–H and O–H groups in total. The zero-order valence-corrected chi connectivity index (χ0v) is 6.95. The van der Waals surface area contributed by atoms with Gasteiger partial charge in [0.25, 0.3) is 0 Å². The maximum absolute atomic E-state index is 10.5. The van der Waals surface area contributed by atoms with E-state index in [0.717, 1.165) is 0 Å². The standard InChI is InChI=1S/C8H11N3O2/c9-4-5-3-6(11-8(10)13)1-2-7(5)12/h1-3,12H,4,9H2,(H3,10,11,13). The lowest BCUT2D eigenvalue weighted by molar-refractivity contribution is 0.259. The van der Waals surface area contributed by atoms with E-state index in [-0.39, 0.29) is 12.3 Å². The number of nitrogens with one attached hydrogen (secondary N) is 1. The van der Waals surface area contributed by atoms with E-state index in [1.165, 1.54) is 6.07 Å². The molecular formula is C8H11N3O2. The summed E-state index contributed by atoms with van der Waals surface area (Å²) >= 11 is 0. The largest absolute Gasteiger partial charge is 0.508 e. The van der Waals surface area contributed by atoms with Crippen LogP contribution in [0.4, 0.5) is 10.5 Å². The number of urea groups is 1. The maximum atomic E-state index is 10.5. The van der Waals surface area contributed by atoms with Crippen LogP contribution >= 0.6 is 0 Å². The number of rotatable bonds is 2. The van der Waals surface area contributed by atoms with Gasteiger partial charge >= 0.3 is 6.03 Å². The topological polar surface area (TPSA) is 101 Å². The molecule has 2 amide bonds. The molecule has 0 aliphatic carbocycles. The first kappa shape index (κ1) is 9.34. The van der Waals surface area contributed by atoms with Crippen molar-refractivity contribution >= 4 is 11.7 Å². The first-order valence-electron chi connectivity index (χ1n) is 3.72. The van der Waals surface area contributed by atoms with Gasteiger partial charge in [0, 0.05) is 17.8 Å². The number of aromatic hydroxyl groups is 1. The highest BCUT2D eigenvalue weighted by Gasteiger charge is 2.01. The van der Waals surface area contributed by atoms with Crippen LogP contribution in [0.5, 0.6) is 5.75 Å². The second-order valence-electron chi connectivity index (χ2n) is 2.54. The van der Waals surface area contributed by atoms with Gasteiger partial charge < -0.3 is 21.9 Å². The summed E-state index contributed by atoms with van der Waals surface area (Å²) in [5.41, 5.74) is 11.3. The number of anilines is 1. The Bertz CT molecular complexity index is 325. The van der Waals surface area contributed by atoms with E-state index in [1.807, 2.05) is 0 Å². The van der Waals surface area contributed by atoms with Crippen LogP contribution in [-0.4, -0.2) is 11.1 Å². The van der Waals surface area contributed by atoms with Crippen LogP contribution < -0.4 is 16.8 Å². The number of phenolic OH excluding ortho intramolecular Hbond substituents is 1. The highest BCUT2D eigenvalue weighted by atomic mass is 16.3. The van der Waals surface area contributed by atoms with Gasteiger partial charge in [-0.25, -0.2) is 4.79 Å². The molecule has 1 aromatic carbocycles. The van der Waals surface area contributed by atoms with Gasteiger partial charge in [0.05, 0.1) is 0 Å². The lowest BCUT2D eigenvalue weighted by atomic mass is 10.2. The summed E-state index contributed by atoms with van der Waals surface area (Å²) in [6.07, 6.45) is 0. The Morgan fingerprint density at radius 3 is 2.77 bits per heavy atom. The Labute approximate surface area is 75.3 Å². The Balaban J connectivity index is 2.92. The van der Waals surface area contributed by atoms with Crippen molar-refractivity contribution < 1.29 is 9.90 Å². The van der Waals surface area contributed by atoms with Gasteiger partial charge in [-0.05, 0) is 18.2 Å². The normalized spacial score (nSPS) is 9.62. The van der Waals surface area contributed by atoms with Crippen molar-refractivity contribution in [3.05, 3.63) is 23.8 Å². The van der Waals surface area contributed by atoms with E-state index in [0.29, 0.717) is 11.3 Å². The lowest BCUT2D eigenvalue weighted by Crippen LogP contribution is -2.19. The highest BCUT2D eigenvalue weighted by molar-refractivity contribution is 5.87. The molecule has 0 fully saturated rings. The summed E-state index contributed by atoms with van der Waals surface area (Å²) < 4.78 is 0. The van der Waals surface area contributed by atoms with Crippen LogP contribution in [0, 0.1) is 0 Å². The third kappa shape index (κ3) is 2.34. The molecule has 5 heteroatoms. The van der Waals surface area contributed by atoms with Crippen molar-refractivity contribution in [2.24, 2.45) is 11.5 Å². The predicted molar refractivity (Wildman–Crippen MR) is 49.2 cm³/mol. The third-order valence-electron chi connectivity index (χ3n) is 1.57. The van der Waals surface area contributed by atoms with Gasteiger partial charge in [-0.15, -0.1) is 0 Å². The molecule has 0 aliphatic heterocycles. The minimum atomic E-state index is -0.645. The number of primary amides is 1. The van der Waals surface area contributed by atoms with Gasteiger partial charge in [-0.1, -0.05) is 0 Å². The number of carbonyl (C=O) groups excluding carboxylic acids is 1. The average Bonchev–Trinajstić information content (AvgIpc) is 2.07. The number of phenols is 1. The van der Waals surface area contributed by atoms with Gasteiger partial charge in [-0.3, -0.25) is 0 Å². The first-order valence-corrected chi connectivity index (χ1v) is 3.72. The van der Waals surface area contributed by atoms with E-state index >= 15 is 0 Å². The summed E-state index contributed by atoms with van der Waals surface area (Å²) in [6.45, 7) is 0.208. The summed E-state index contributed by atoms with van der Waals surface area (Å²) in [5.74, 6) is 0.109. The summed E-state index contributed by atoms with van der Waals surface area (Å²) in [5, 5.41) is 11.6. The van der Waals surface area contributed by atoms with Gasteiger partial charge in [0.1, 0.15) is 5.75 Å². The molecule has 0 radical (unpaired) electrons. The van der Waals surface area contributed by atoms with Crippen LogP contribution in [0.15, 0.2) is 18.2 Å². The SMILES string of the molecule is NCc1cc(NC(N)=O)ccc1O. The van der Waals surface area contributed by atoms with Gasteiger partial charge in [0.15, 0.2) is 0 Å². The van der Waals surface area contributed by atoms with Crippen LogP contribution in [0.1, 0.15) is 5.56 Å². The molecule has 0 saturated heterocycles. The number of amides is 2. The molecule has 0 atom stereocenters. The highest BCUT2D eigenvalue weighted by Crippen LogP contribution is 2.20. The Kier molecular flexibility index (Phi) is 2.71. The van der Waals surface area contributed by atoms with Crippen molar-refractivity contribution in [1.82, 2.24) is 0 Å². The second-order valence-corrected chi connectivity index (χ2v) is 2.54. The Morgan fingerprint density at radius 1 is 1.54 bits per heavy atom. The Morgan fingerprint density at radius 2 is 2.23 bits per heavy atom. The molecule has 1 aromatic rings. The first-order chi connectivity index (χ1) is 6.13. The van der Waals surface area contributed by atoms with Gasteiger partial charge in [0.2, 0.25) is 0 Å². The fourth-order valence-corrected chi connectivity index (χ4v) is 0.969. The molecule has 0 aliphatic rings. The molecule has 5 nitrogen and oxygen atoms in total. The fraction of sp³-hybridized carbons (Fsp3) is 0.125. The second kappa shape index (κ2) is 3.77. The molecule has 0 saturated carbocycles. The van der Waals surface area contributed by atoms with Crippen LogP contribution in [0.25, 0.3) is 0 Å². The number of nitrogens with two attached hydrogens (primary N) is 2. The molecule has 0 unspecified atom stereocenters. The maximum Gasteiger partial charge on any atom is 0.316 e. The molecule has 0 bridgehead atoms. The number of hydrogen-bond acceptors (Lipinski definition) is 3. The smallest absolute Gasteiger partial charge is 0.316 e. The lowest BCUT2D eigenvalue weighted by Gasteiger charge is -2.05. The van der Waals surface area contributed by atoms with Crippen LogP contribution in [0.3, 0.4) is 0 Å². The molecule has 1 rings (SSSR count). The molecular weight excluding hydrogens is 170 g/mol. The van der Waals surface area contributed by atoms with Crippen molar-refractivity contribution in [2.75, 3.05) is 5.32 Å².